The molecule has 1 heterocycles. The zero-order chi connectivity index (χ0) is 18.3. The van der Waals surface area contributed by atoms with Crippen LogP contribution in [0, 0.1) is 20.8 Å². The molecule has 26 heavy (non-hydrogen) atoms. The van der Waals surface area contributed by atoms with Crippen molar-refractivity contribution in [2.45, 2.75) is 32.7 Å². The zero-order valence-electron chi connectivity index (χ0n) is 15.3. The van der Waals surface area contributed by atoms with Gasteiger partial charge in [-0.3, -0.25) is 0 Å². The molecule has 0 aliphatic carbocycles. The molecule has 0 bridgehead atoms. The van der Waals surface area contributed by atoms with Gasteiger partial charge in [0.05, 0.1) is 0 Å². The Morgan fingerprint density at radius 1 is 0.769 bits per heavy atom. The van der Waals surface area contributed by atoms with E-state index >= 15 is 0 Å². The summed E-state index contributed by atoms with van der Waals surface area (Å²) in [5, 5.41) is 1.72. The third kappa shape index (κ3) is 2.84. The maximum atomic E-state index is 14.3. The molecule has 4 rings (SSSR count). The minimum absolute atomic E-state index is 0.109. The van der Waals surface area contributed by atoms with Gasteiger partial charge in [-0.05, 0) is 37.5 Å². The summed E-state index contributed by atoms with van der Waals surface area (Å²) in [5.41, 5.74) is 4.85. The molecule has 3 aromatic carbocycles. The molecule has 1 aliphatic heterocycles. The quantitative estimate of drug-likeness (QED) is 0.482. The van der Waals surface area contributed by atoms with E-state index < -0.39 is 7.14 Å². The number of aryl methyl sites for hydroxylation is 3. The van der Waals surface area contributed by atoms with Crippen LogP contribution in [0.5, 0.6) is 0 Å². The summed E-state index contributed by atoms with van der Waals surface area (Å²) in [6.45, 7) is 6.34. The van der Waals surface area contributed by atoms with Crippen molar-refractivity contribution in [2.24, 2.45) is 0 Å². The van der Waals surface area contributed by atoms with Crippen molar-refractivity contribution in [3.05, 3.63) is 95.1 Å². The van der Waals surface area contributed by atoms with Crippen LogP contribution in [0.4, 0.5) is 0 Å². The summed E-state index contributed by atoms with van der Waals surface area (Å²) in [6.07, 6.45) is -0.109. The molecule has 3 aromatic rings. The fourth-order valence-electron chi connectivity index (χ4n) is 3.97. The van der Waals surface area contributed by atoms with E-state index in [2.05, 4.69) is 32.9 Å². The molecular weight excluding hydrogens is 339 g/mol. The van der Waals surface area contributed by atoms with Crippen LogP contribution < -0.4 is 10.6 Å². The van der Waals surface area contributed by atoms with E-state index in [0.29, 0.717) is 0 Å². The highest BCUT2D eigenvalue weighted by atomic mass is 31.2. The lowest BCUT2D eigenvalue weighted by Crippen LogP contribution is -2.20. The zero-order valence-corrected chi connectivity index (χ0v) is 16.2. The van der Waals surface area contributed by atoms with Gasteiger partial charge < -0.3 is 9.30 Å². The predicted octanol–water partition coefficient (Wildman–Crippen LogP) is 5.02. The predicted molar refractivity (Wildman–Crippen MR) is 108 cm³/mol. The van der Waals surface area contributed by atoms with E-state index in [1.54, 1.807) is 0 Å². The molecule has 2 nitrogen and oxygen atoms in total. The number of benzene rings is 3. The van der Waals surface area contributed by atoms with E-state index in [0.717, 1.165) is 10.6 Å². The van der Waals surface area contributed by atoms with E-state index in [4.69, 9.17) is 4.74 Å². The molecule has 0 amide bonds. The average molecular weight is 362 g/mol. The monoisotopic (exact) mass is 362 g/mol. The van der Waals surface area contributed by atoms with Gasteiger partial charge in [0.25, 0.3) is 0 Å². The Bertz CT molecular complexity index is 913. The molecule has 2 unspecified atom stereocenters. The molecule has 0 radical (unpaired) electrons. The number of hydrogen-bond acceptors (Lipinski definition) is 2. The van der Waals surface area contributed by atoms with Gasteiger partial charge in [0.2, 0.25) is 0 Å². The molecule has 0 spiro atoms. The van der Waals surface area contributed by atoms with Crippen molar-refractivity contribution < 1.29 is 9.30 Å². The number of rotatable bonds is 4. The highest BCUT2D eigenvalue weighted by Crippen LogP contribution is 2.64. The Labute approximate surface area is 155 Å². The Hall–Kier alpha value is -2.15. The highest BCUT2D eigenvalue weighted by Gasteiger charge is 2.55. The fourth-order valence-corrected chi connectivity index (χ4v) is 6.92. The van der Waals surface area contributed by atoms with Crippen LogP contribution in [-0.4, -0.2) is 5.85 Å². The Kier molecular flexibility index (Phi) is 4.34. The molecule has 0 aromatic heterocycles. The second kappa shape index (κ2) is 6.54. The first-order valence-electron chi connectivity index (χ1n) is 8.96. The maximum absolute atomic E-state index is 14.3. The molecule has 0 saturated carbocycles. The lowest BCUT2D eigenvalue weighted by molar-refractivity contribution is 0.399. The minimum Gasteiger partial charge on any atom is -0.355 e. The molecular formula is C23H23O2P. The average Bonchev–Trinajstić information content (AvgIpc) is 3.42. The Balaban J connectivity index is 1.80. The molecule has 0 N–H and O–H groups in total. The van der Waals surface area contributed by atoms with Crippen molar-refractivity contribution in [1.82, 2.24) is 0 Å². The van der Waals surface area contributed by atoms with E-state index in [-0.39, 0.29) is 11.9 Å². The topological polar surface area (TPSA) is 29.6 Å². The Morgan fingerprint density at radius 3 is 1.69 bits per heavy atom. The Morgan fingerprint density at radius 2 is 1.23 bits per heavy atom. The lowest BCUT2D eigenvalue weighted by atomic mass is 9.98. The van der Waals surface area contributed by atoms with Gasteiger partial charge in [0.1, 0.15) is 11.9 Å². The third-order valence-corrected chi connectivity index (χ3v) is 8.37. The summed E-state index contributed by atoms with van der Waals surface area (Å²) >= 11 is 0. The first kappa shape index (κ1) is 17.3. The van der Waals surface area contributed by atoms with Gasteiger partial charge in [-0.1, -0.05) is 78.4 Å². The largest absolute Gasteiger partial charge is 0.355 e. The van der Waals surface area contributed by atoms with Gasteiger partial charge in [0.15, 0.2) is 7.14 Å². The van der Waals surface area contributed by atoms with E-state index in [1.165, 1.54) is 22.3 Å². The summed E-state index contributed by atoms with van der Waals surface area (Å²) in [6, 6.07) is 23.9. The molecule has 1 fully saturated rings. The second-order valence-electron chi connectivity index (χ2n) is 7.09. The lowest BCUT2D eigenvalue weighted by Gasteiger charge is -2.18. The molecule has 3 heteroatoms. The van der Waals surface area contributed by atoms with Gasteiger partial charge in [-0.25, -0.2) is 0 Å². The fraction of sp³-hybridized carbons (Fsp3) is 0.217. The van der Waals surface area contributed by atoms with Gasteiger partial charge >= 0.3 is 0 Å². The second-order valence-corrected chi connectivity index (χ2v) is 9.95. The molecule has 132 valence electrons. The number of epoxide rings is 1. The van der Waals surface area contributed by atoms with Gasteiger partial charge in [0, 0.05) is 10.6 Å². The smallest absolute Gasteiger partial charge is 0.173 e. The van der Waals surface area contributed by atoms with Crippen LogP contribution in [0.1, 0.15) is 28.4 Å². The van der Waals surface area contributed by atoms with Crippen molar-refractivity contribution in [3.63, 3.8) is 0 Å². The van der Waals surface area contributed by atoms with Crippen LogP contribution in [-0.2, 0) is 9.30 Å². The summed E-state index contributed by atoms with van der Waals surface area (Å²) in [4.78, 5) is 0. The molecule has 2 atom stereocenters. The molecule has 1 aliphatic rings. The summed E-state index contributed by atoms with van der Waals surface area (Å²) in [5.74, 6) is -0.299. The number of ether oxygens (including phenoxy) is 1. The van der Waals surface area contributed by atoms with E-state index in [9.17, 15) is 4.57 Å². The van der Waals surface area contributed by atoms with Crippen LogP contribution in [0.25, 0.3) is 0 Å². The van der Waals surface area contributed by atoms with E-state index in [1.807, 2.05) is 60.7 Å². The summed E-state index contributed by atoms with van der Waals surface area (Å²) < 4.78 is 20.4. The highest BCUT2D eigenvalue weighted by molar-refractivity contribution is 7.79. The number of hydrogen-bond donors (Lipinski definition) is 0. The minimum atomic E-state index is -2.88. The first-order chi connectivity index (χ1) is 12.5. The van der Waals surface area contributed by atoms with Gasteiger partial charge in [-0.2, -0.15) is 0 Å². The standard InChI is InChI=1S/C23H23O2P/c1-16-14-17(2)21(18(3)15-16)22-23(25-22)26(24,19-10-6-4-7-11-19)20-12-8-5-9-13-20/h4-15,22-23H,1-3H3. The van der Waals surface area contributed by atoms with Gasteiger partial charge in [-0.15, -0.1) is 0 Å². The van der Waals surface area contributed by atoms with Crippen LogP contribution in [0.15, 0.2) is 72.8 Å². The normalized spacial score (nSPS) is 19.3. The first-order valence-corrected chi connectivity index (χ1v) is 10.7. The van der Waals surface area contributed by atoms with Crippen molar-refractivity contribution in [3.8, 4) is 0 Å². The van der Waals surface area contributed by atoms with Crippen molar-refractivity contribution in [1.29, 1.82) is 0 Å². The molecule has 1 saturated heterocycles. The SMILES string of the molecule is Cc1cc(C)c(C2OC2P(=O)(c2ccccc2)c2ccccc2)c(C)c1. The third-order valence-electron chi connectivity index (χ3n) is 5.13. The summed E-state index contributed by atoms with van der Waals surface area (Å²) in [7, 11) is -2.88. The van der Waals surface area contributed by atoms with Crippen molar-refractivity contribution in [2.75, 3.05) is 0 Å². The van der Waals surface area contributed by atoms with Crippen LogP contribution in [0.3, 0.4) is 0 Å². The van der Waals surface area contributed by atoms with Crippen molar-refractivity contribution >= 4 is 17.8 Å². The van der Waals surface area contributed by atoms with Crippen LogP contribution >= 0.6 is 7.14 Å². The van der Waals surface area contributed by atoms with Crippen LogP contribution in [0.2, 0.25) is 0 Å². The maximum Gasteiger partial charge on any atom is 0.173 e.